The molecule has 8 heteroatoms. The smallest absolute Gasteiger partial charge is 0.356 e. The van der Waals surface area contributed by atoms with Crippen molar-refractivity contribution in [3.8, 4) is 0 Å². The van der Waals surface area contributed by atoms with Crippen molar-refractivity contribution in [2.45, 2.75) is 23.9 Å². The van der Waals surface area contributed by atoms with Gasteiger partial charge < -0.3 is 10.1 Å². The molecule has 1 aromatic heterocycles. The number of benzene rings is 3. The first kappa shape index (κ1) is 28.2. The van der Waals surface area contributed by atoms with E-state index in [1.807, 2.05) is 121 Å². The molecule has 0 bridgehead atoms. The molecule has 3 heterocycles. The number of carbonyl (C=O) groups is 3. The number of rotatable bonds is 9. The van der Waals surface area contributed by atoms with Crippen LogP contribution in [0, 0.1) is 0 Å². The third kappa shape index (κ3) is 6.29. The third-order valence-corrected chi connectivity index (χ3v) is 8.59. The number of esters is 1. The van der Waals surface area contributed by atoms with Gasteiger partial charge in [-0.3, -0.25) is 19.5 Å². The summed E-state index contributed by atoms with van der Waals surface area (Å²) in [6.07, 6.45) is 4.83. The number of carbonyl (C=O) groups excluding carboxylic acids is 3. The minimum Gasteiger partial charge on any atom is -0.448 e. The number of thioether (sulfide) groups is 1. The Balaban J connectivity index is 1.29. The maximum atomic E-state index is 14.1. The molecule has 214 valence electrons. The van der Waals surface area contributed by atoms with E-state index in [9.17, 15) is 14.4 Å². The number of ether oxygens (including phenoxy) is 1. The maximum absolute atomic E-state index is 14.1. The molecule has 6 rings (SSSR count). The van der Waals surface area contributed by atoms with Crippen molar-refractivity contribution in [2.24, 2.45) is 0 Å². The lowest BCUT2D eigenvalue weighted by molar-refractivity contribution is -0.154. The van der Waals surface area contributed by atoms with Gasteiger partial charge in [-0.2, -0.15) is 0 Å². The van der Waals surface area contributed by atoms with Crippen LogP contribution in [0.5, 0.6) is 0 Å². The summed E-state index contributed by atoms with van der Waals surface area (Å²) in [6.45, 7) is 0. The van der Waals surface area contributed by atoms with Gasteiger partial charge >= 0.3 is 5.97 Å². The summed E-state index contributed by atoms with van der Waals surface area (Å²) in [5.41, 5.74) is 4.05. The van der Waals surface area contributed by atoms with Crippen LogP contribution < -0.4 is 5.32 Å². The van der Waals surface area contributed by atoms with Crippen LogP contribution in [0.15, 0.2) is 133 Å². The van der Waals surface area contributed by atoms with Gasteiger partial charge in [-0.15, -0.1) is 11.8 Å². The molecule has 3 aromatic carbocycles. The van der Waals surface area contributed by atoms with Gasteiger partial charge in [0.25, 0.3) is 5.91 Å². The van der Waals surface area contributed by atoms with E-state index in [2.05, 4.69) is 10.3 Å². The van der Waals surface area contributed by atoms with E-state index in [0.29, 0.717) is 11.3 Å². The molecular weight excluding hydrogens is 558 g/mol. The van der Waals surface area contributed by atoms with E-state index in [1.54, 1.807) is 6.20 Å². The molecule has 1 saturated heterocycles. The minimum absolute atomic E-state index is 0.167. The zero-order valence-corrected chi connectivity index (χ0v) is 24.0. The van der Waals surface area contributed by atoms with E-state index in [4.69, 9.17) is 4.74 Å². The second-order valence-corrected chi connectivity index (χ2v) is 11.3. The third-order valence-electron chi connectivity index (χ3n) is 7.29. The Hall–Kier alpha value is -4.95. The van der Waals surface area contributed by atoms with E-state index < -0.39 is 23.5 Å². The number of hydrogen-bond acceptors (Lipinski definition) is 6. The number of aromatic nitrogens is 1. The number of nitrogens with zero attached hydrogens (tertiary/aromatic N) is 2. The van der Waals surface area contributed by atoms with Crippen molar-refractivity contribution in [3.63, 3.8) is 0 Å². The second-order valence-electron chi connectivity index (χ2n) is 10.2. The Morgan fingerprint density at radius 2 is 1.51 bits per heavy atom. The standard InChI is InChI=1S/C35H29N3O4S/c39-29(22-24-12-4-1-5-13-24)37-30-33(40)38-31(27(23-43-34(30)38)19-20-28-18-10-11-21-36-28)35(41)42-32(25-14-6-2-7-15-25)26-16-8-3-9-17-26/h1-21,30,32,34H,22-23H2,(H,37,39)/b20-19+/t30?,34-/m1/s1. The number of allylic oxidation sites excluding steroid dienone is 1. The van der Waals surface area contributed by atoms with Crippen molar-refractivity contribution < 1.29 is 19.1 Å². The minimum atomic E-state index is -0.732. The first-order valence-electron chi connectivity index (χ1n) is 14.0. The van der Waals surface area contributed by atoms with E-state index in [0.717, 1.165) is 22.4 Å². The van der Waals surface area contributed by atoms with Crippen LogP contribution in [0.2, 0.25) is 0 Å². The monoisotopic (exact) mass is 587 g/mol. The summed E-state index contributed by atoms with van der Waals surface area (Å²) in [7, 11) is 0. The Bertz CT molecular complexity index is 1620. The Kier molecular flexibility index (Phi) is 8.47. The topological polar surface area (TPSA) is 88.6 Å². The number of fused-ring (bicyclic) bond motifs is 1. The molecule has 2 aliphatic rings. The van der Waals surface area contributed by atoms with Crippen molar-refractivity contribution in [1.29, 1.82) is 0 Å². The fourth-order valence-corrected chi connectivity index (χ4v) is 6.49. The van der Waals surface area contributed by atoms with Crippen LogP contribution in [0.25, 0.3) is 6.08 Å². The quantitative estimate of drug-likeness (QED) is 0.211. The lowest BCUT2D eigenvalue weighted by Crippen LogP contribution is -2.70. The number of amides is 2. The normalized spacial score (nSPS) is 17.9. The number of β-lactam (4-membered cyclic amide) rings is 1. The summed E-state index contributed by atoms with van der Waals surface area (Å²) in [6, 6.07) is 33.3. The lowest BCUT2D eigenvalue weighted by Gasteiger charge is -2.49. The average molecular weight is 588 g/mol. The van der Waals surface area contributed by atoms with Gasteiger partial charge in [0.05, 0.1) is 12.1 Å². The summed E-state index contributed by atoms with van der Waals surface area (Å²) in [5, 5.41) is 2.46. The molecule has 1 unspecified atom stereocenters. The molecule has 43 heavy (non-hydrogen) atoms. The van der Waals surface area contributed by atoms with Gasteiger partial charge in [0.2, 0.25) is 5.91 Å². The highest BCUT2D eigenvalue weighted by atomic mass is 32.2. The number of nitrogens with one attached hydrogen (secondary N) is 1. The van der Waals surface area contributed by atoms with Gasteiger partial charge in [-0.05, 0) is 40.5 Å². The van der Waals surface area contributed by atoms with Crippen molar-refractivity contribution in [2.75, 3.05) is 5.75 Å². The molecule has 1 N–H and O–H groups in total. The molecule has 2 aliphatic heterocycles. The first-order valence-corrected chi connectivity index (χ1v) is 15.0. The summed E-state index contributed by atoms with van der Waals surface area (Å²) in [5.74, 6) is -0.738. The average Bonchev–Trinajstić information content (AvgIpc) is 3.06. The zero-order valence-electron chi connectivity index (χ0n) is 23.2. The maximum Gasteiger partial charge on any atom is 0.356 e. The summed E-state index contributed by atoms with van der Waals surface area (Å²) < 4.78 is 6.20. The predicted molar refractivity (Wildman–Crippen MR) is 166 cm³/mol. The Labute approximate surface area is 254 Å². The molecule has 0 saturated carbocycles. The van der Waals surface area contributed by atoms with Crippen LogP contribution in [0.4, 0.5) is 0 Å². The van der Waals surface area contributed by atoms with Crippen molar-refractivity contribution >= 4 is 35.6 Å². The van der Waals surface area contributed by atoms with Gasteiger partial charge in [-0.1, -0.05) is 103 Å². The zero-order chi connectivity index (χ0) is 29.6. The molecule has 2 amide bonds. The molecule has 0 spiro atoms. The van der Waals surface area contributed by atoms with Crippen LogP contribution in [-0.4, -0.2) is 44.8 Å². The van der Waals surface area contributed by atoms with Crippen LogP contribution in [-0.2, 0) is 25.5 Å². The largest absolute Gasteiger partial charge is 0.448 e. The number of hydrogen-bond donors (Lipinski definition) is 1. The molecule has 0 radical (unpaired) electrons. The highest BCUT2D eigenvalue weighted by Crippen LogP contribution is 2.42. The molecule has 7 nitrogen and oxygen atoms in total. The van der Waals surface area contributed by atoms with Crippen LogP contribution in [0.3, 0.4) is 0 Å². The predicted octanol–water partition coefficient (Wildman–Crippen LogP) is 5.32. The molecule has 4 aromatic rings. The molecule has 0 aliphatic carbocycles. The van der Waals surface area contributed by atoms with Crippen molar-refractivity contribution in [3.05, 3.63) is 155 Å². The SMILES string of the molecule is O=C(Cc1ccccc1)NC1C(=O)N2C(C(=O)OC(c3ccccc3)c3ccccc3)=C(/C=C/c3ccccn3)CS[C@H]12. The molecule has 1 fully saturated rings. The van der Waals surface area contributed by atoms with E-state index in [1.165, 1.54) is 16.7 Å². The Morgan fingerprint density at radius 3 is 2.14 bits per heavy atom. The molecule has 2 atom stereocenters. The number of pyridine rings is 1. The summed E-state index contributed by atoms with van der Waals surface area (Å²) >= 11 is 1.50. The van der Waals surface area contributed by atoms with E-state index in [-0.39, 0.29) is 23.9 Å². The Morgan fingerprint density at radius 1 is 0.884 bits per heavy atom. The second kappa shape index (κ2) is 12.9. The summed E-state index contributed by atoms with van der Waals surface area (Å²) in [4.78, 5) is 46.3. The van der Waals surface area contributed by atoms with Gasteiger partial charge in [-0.25, -0.2) is 4.79 Å². The van der Waals surface area contributed by atoms with Crippen molar-refractivity contribution in [1.82, 2.24) is 15.2 Å². The van der Waals surface area contributed by atoms with Gasteiger partial charge in [0.1, 0.15) is 17.1 Å². The van der Waals surface area contributed by atoms with Crippen LogP contribution >= 0.6 is 11.8 Å². The van der Waals surface area contributed by atoms with E-state index >= 15 is 0 Å². The van der Waals surface area contributed by atoms with Gasteiger partial charge in [0.15, 0.2) is 6.10 Å². The fourth-order valence-electron chi connectivity index (χ4n) is 5.17. The lowest BCUT2D eigenvalue weighted by atomic mass is 10.00. The first-order chi connectivity index (χ1) is 21.1. The molecular formula is C35H29N3O4S. The highest BCUT2D eigenvalue weighted by Gasteiger charge is 2.54. The highest BCUT2D eigenvalue weighted by molar-refractivity contribution is 8.00. The van der Waals surface area contributed by atoms with Gasteiger partial charge in [0, 0.05) is 11.9 Å². The fraction of sp³-hybridized carbons (Fsp3) is 0.143. The van der Waals surface area contributed by atoms with Crippen LogP contribution in [0.1, 0.15) is 28.5 Å².